The number of nitrogens with one attached hydrogen (secondary N) is 1. The van der Waals surface area contributed by atoms with Gasteiger partial charge in [0.25, 0.3) is 5.56 Å². The van der Waals surface area contributed by atoms with Crippen LogP contribution in [-0.2, 0) is 22.9 Å². The first-order chi connectivity index (χ1) is 13.7. The van der Waals surface area contributed by atoms with Crippen LogP contribution in [0.3, 0.4) is 0 Å². The molecule has 3 N–H and O–H groups in total. The fourth-order valence-electron chi connectivity index (χ4n) is 3.18. The van der Waals surface area contributed by atoms with E-state index < -0.39 is 50.3 Å². The van der Waals surface area contributed by atoms with E-state index in [1.165, 1.54) is 0 Å². The highest BCUT2D eigenvalue weighted by Crippen LogP contribution is 2.61. The number of rotatable bonds is 4. The predicted molar refractivity (Wildman–Crippen MR) is 94.1 cm³/mol. The molecule has 4 rings (SSSR count). The second kappa shape index (κ2) is 6.76. The molecule has 29 heavy (non-hydrogen) atoms. The third-order valence-electron chi connectivity index (χ3n) is 4.28. The molecule has 0 saturated carbocycles. The lowest BCUT2D eigenvalue weighted by Gasteiger charge is -2.36. The van der Waals surface area contributed by atoms with Gasteiger partial charge in [-0.05, 0) is 19.4 Å². The van der Waals surface area contributed by atoms with Crippen LogP contribution in [-0.4, -0.2) is 50.2 Å². The van der Waals surface area contributed by atoms with E-state index in [1.54, 1.807) is 13.8 Å². The van der Waals surface area contributed by atoms with E-state index in [-0.39, 0.29) is 17.1 Å². The summed E-state index contributed by atoms with van der Waals surface area (Å²) >= 11 is 0. The van der Waals surface area contributed by atoms with Crippen LogP contribution >= 0.6 is 7.82 Å². The van der Waals surface area contributed by atoms with E-state index >= 15 is 4.39 Å². The molecule has 0 aromatic carbocycles. The summed E-state index contributed by atoms with van der Waals surface area (Å²) in [6, 6.07) is 0. The number of nitrogen functional groups attached to an aromatic ring is 1. The number of imidazole rings is 1. The van der Waals surface area contributed by atoms with Gasteiger partial charge in [0.05, 0.1) is 19.0 Å². The highest BCUT2D eigenvalue weighted by atomic mass is 31.2. The van der Waals surface area contributed by atoms with Gasteiger partial charge in [0, 0.05) is 4.91 Å². The number of phosphoric acid groups is 1. The minimum Gasteiger partial charge on any atom is -0.369 e. The van der Waals surface area contributed by atoms with Gasteiger partial charge in [-0.25, -0.2) is 13.9 Å². The molecule has 16 heteroatoms. The second-order valence-electron chi connectivity index (χ2n) is 6.66. The Balaban J connectivity index is 1.77. The zero-order chi connectivity index (χ0) is 21.0. The Bertz CT molecular complexity index is 1110. The van der Waals surface area contributed by atoms with Crippen molar-refractivity contribution in [3.05, 3.63) is 27.1 Å². The number of aromatic nitrogens is 4. The lowest BCUT2D eigenvalue weighted by atomic mass is 10.1. The highest BCUT2D eigenvalue weighted by molar-refractivity contribution is 7.48. The average molecular weight is 430 g/mol. The average Bonchev–Trinajstić information content (AvgIpc) is 3.15. The summed E-state index contributed by atoms with van der Waals surface area (Å²) in [6.07, 6.45) is -4.53. The summed E-state index contributed by atoms with van der Waals surface area (Å²) < 4.78 is 50.3. The van der Waals surface area contributed by atoms with Gasteiger partial charge >= 0.3 is 7.82 Å². The number of aromatic amines is 1. The van der Waals surface area contributed by atoms with Crippen molar-refractivity contribution in [1.29, 1.82) is 0 Å². The molecule has 2 aromatic heterocycles. The molecule has 0 aliphatic carbocycles. The van der Waals surface area contributed by atoms with Gasteiger partial charge in [0.2, 0.25) is 11.7 Å². The van der Waals surface area contributed by atoms with E-state index in [0.717, 1.165) is 10.9 Å². The number of nitrogens with zero attached hydrogens (tertiary/aromatic N) is 6. The monoisotopic (exact) mass is 430 g/mol. The van der Waals surface area contributed by atoms with Crippen molar-refractivity contribution in [3.63, 3.8) is 0 Å². The molecular weight excluding hydrogens is 414 g/mol. The van der Waals surface area contributed by atoms with Crippen molar-refractivity contribution in [3.8, 4) is 0 Å². The minimum absolute atomic E-state index is 0.0591. The summed E-state index contributed by atoms with van der Waals surface area (Å²) in [5, 5.41) is 3.49. The molecule has 156 valence electrons. The van der Waals surface area contributed by atoms with E-state index in [0.29, 0.717) is 0 Å². The maximum absolute atomic E-state index is 15.4. The van der Waals surface area contributed by atoms with Crippen LogP contribution in [0, 0.1) is 0 Å². The first-order valence-electron chi connectivity index (χ1n) is 8.40. The zero-order valence-electron chi connectivity index (χ0n) is 15.1. The molecule has 0 bridgehead atoms. The Morgan fingerprint density at radius 3 is 3.07 bits per heavy atom. The fourth-order valence-corrected chi connectivity index (χ4v) is 4.77. The number of anilines is 1. The normalized spacial score (nSPS) is 34.3. The lowest BCUT2D eigenvalue weighted by Crippen LogP contribution is -2.48. The quantitative estimate of drug-likeness (QED) is 0.313. The Kier molecular flexibility index (Phi) is 4.61. The van der Waals surface area contributed by atoms with Gasteiger partial charge in [-0.15, -0.1) is 0 Å². The second-order valence-corrected chi connectivity index (χ2v) is 8.24. The third-order valence-corrected chi connectivity index (χ3v) is 5.89. The van der Waals surface area contributed by atoms with Gasteiger partial charge in [0.1, 0.15) is 6.10 Å². The molecule has 4 heterocycles. The van der Waals surface area contributed by atoms with E-state index in [4.69, 9.17) is 29.6 Å². The van der Waals surface area contributed by atoms with Crippen LogP contribution in [0.15, 0.2) is 16.2 Å². The number of ether oxygens (including phenoxy) is 1. The fraction of sp³-hybridized carbons (Fsp3) is 0.615. The predicted octanol–water partition coefficient (Wildman–Crippen LogP) is 1.52. The molecule has 2 saturated heterocycles. The largest absolute Gasteiger partial charge is 0.475 e. The smallest absolute Gasteiger partial charge is 0.369 e. The number of nitrogens with two attached hydrogens (primary N) is 1. The van der Waals surface area contributed by atoms with Crippen molar-refractivity contribution in [1.82, 2.24) is 19.5 Å². The number of fused-ring (bicyclic) bond motifs is 2. The van der Waals surface area contributed by atoms with E-state index in [2.05, 4.69) is 25.0 Å². The molecule has 0 amide bonds. The molecule has 2 aliphatic heterocycles. The van der Waals surface area contributed by atoms with Crippen molar-refractivity contribution in [2.24, 2.45) is 5.11 Å². The van der Waals surface area contributed by atoms with Crippen LogP contribution in [0.4, 0.5) is 10.3 Å². The number of hydrogen-bond donors (Lipinski definition) is 2. The summed E-state index contributed by atoms with van der Waals surface area (Å²) in [4.78, 5) is 24.7. The van der Waals surface area contributed by atoms with Gasteiger partial charge < -0.3 is 10.5 Å². The molecule has 1 unspecified atom stereocenters. The van der Waals surface area contributed by atoms with Crippen LogP contribution in [0.5, 0.6) is 0 Å². The Morgan fingerprint density at radius 2 is 2.38 bits per heavy atom. The molecular formula is C13H16FN8O6P. The number of phosphoric ester groups is 1. The molecule has 2 fully saturated rings. The Labute approximate surface area is 161 Å². The molecule has 14 nitrogen and oxygen atoms in total. The molecule has 0 radical (unpaired) electrons. The van der Waals surface area contributed by atoms with Crippen molar-refractivity contribution >= 4 is 24.9 Å². The number of H-pyrrole nitrogens is 1. The first kappa shape index (κ1) is 19.8. The van der Waals surface area contributed by atoms with E-state index in [1.807, 2.05) is 0 Å². The molecule has 5 atom stereocenters. The summed E-state index contributed by atoms with van der Waals surface area (Å²) in [7, 11) is -4.13. The SMILES string of the molecule is CC(C)OP1(=O)OC[C@@]2(N=[N+]=[N-])O[C@@H](n3cnc4c(=O)[nH]c(N)nc43)[C@H](F)[C@@H]2O1. The standard InChI is InChI=1S/C13H16FN8O6P/c1-5(2)27-29(24)25-3-13(20-21-16)8(28-29)6(14)11(26-13)22-4-17-7-9(22)18-12(15)19-10(7)23/h4-6,8,11H,3H2,1-2H3,(H3,15,18,19,23)/t6-,8+,11-,13-,29?/m1/s1. The van der Waals surface area contributed by atoms with Crippen LogP contribution in [0.25, 0.3) is 21.6 Å². The van der Waals surface area contributed by atoms with Gasteiger partial charge in [-0.2, -0.15) is 4.98 Å². The topological polar surface area (TPSA) is 192 Å². The van der Waals surface area contributed by atoms with Gasteiger partial charge in [-0.3, -0.25) is 27.9 Å². The van der Waals surface area contributed by atoms with Crippen molar-refractivity contribution in [2.45, 2.75) is 44.2 Å². The van der Waals surface area contributed by atoms with Crippen molar-refractivity contribution in [2.75, 3.05) is 12.3 Å². The molecule has 2 aromatic rings. The van der Waals surface area contributed by atoms with E-state index in [9.17, 15) is 9.36 Å². The van der Waals surface area contributed by atoms with Crippen LogP contribution in [0.2, 0.25) is 0 Å². The maximum Gasteiger partial charge on any atom is 0.475 e. The Hall–Kier alpha value is -2.54. The summed E-state index contributed by atoms with van der Waals surface area (Å²) in [6.45, 7) is 2.60. The van der Waals surface area contributed by atoms with Crippen LogP contribution < -0.4 is 11.3 Å². The summed E-state index contributed by atoms with van der Waals surface area (Å²) in [5.41, 5.74) is 11.7. The minimum atomic E-state index is -4.13. The first-order valence-corrected chi connectivity index (χ1v) is 9.86. The lowest BCUT2D eigenvalue weighted by molar-refractivity contribution is -0.143. The van der Waals surface area contributed by atoms with Crippen LogP contribution in [0.1, 0.15) is 20.1 Å². The highest BCUT2D eigenvalue weighted by Gasteiger charge is 2.63. The van der Waals surface area contributed by atoms with Crippen molar-refractivity contribution < 1.29 is 27.3 Å². The number of azide groups is 1. The Morgan fingerprint density at radius 1 is 1.62 bits per heavy atom. The molecule has 2 aliphatic rings. The maximum atomic E-state index is 15.4. The number of hydrogen-bond acceptors (Lipinski definition) is 10. The summed E-state index contributed by atoms with van der Waals surface area (Å²) in [5.74, 6) is -0.214. The molecule has 0 spiro atoms. The number of halogens is 1. The van der Waals surface area contributed by atoms with Gasteiger partial charge in [0.15, 0.2) is 23.6 Å². The number of alkyl halides is 1. The van der Waals surface area contributed by atoms with Gasteiger partial charge in [-0.1, -0.05) is 5.11 Å². The zero-order valence-corrected chi connectivity index (χ0v) is 16.0. The third kappa shape index (κ3) is 3.17.